The highest BCUT2D eigenvalue weighted by atomic mass is 32.2. The van der Waals surface area contributed by atoms with Crippen LogP contribution in [-0.4, -0.2) is 27.3 Å². The topological polar surface area (TPSA) is 46.6 Å². The number of benzene rings is 2. The van der Waals surface area contributed by atoms with Gasteiger partial charge in [-0.2, -0.15) is 8.42 Å². The Morgan fingerprint density at radius 3 is 2.00 bits per heavy atom. The van der Waals surface area contributed by atoms with Crippen molar-refractivity contribution in [2.75, 3.05) is 17.7 Å². The van der Waals surface area contributed by atoms with Crippen LogP contribution in [0.1, 0.15) is 24.5 Å². The fraction of sp³-hybridized carbons (Fsp3) is 0.368. The van der Waals surface area contributed by atoms with E-state index in [1.165, 1.54) is 22.5 Å². The molecule has 0 aliphatic carbocycles. The lowest BCUT2D eigenvalue weighted by Crippen LogP contribution is -2.25. The molecule has 1 aliphatic rings. The molecular weight excluding hydrogens is 322 g/mol. The number of hydrogen-bond acceptors (Lipinski definition) is 4. The third-order valence-corrected chi connectivity index (χ3v) is 5.00. The highest BCUT2D eigenvalue weighted by Gasteiger charge is 2.21. The summed E-state index contributed by atoms with van der Waals surface area (Å²) in [7, 11) is -3.42. The molecule has 24 heavy (non-hydrogen) atoms. The second kappa shape index (κ2) is 6.95. The molecular formula is C19H23NO3S. The molecule has 0 N–H and O–H groups in total. The van der Waals surface area contributed by atoms with Crippen LogP contribution in [0.15, 0.2) is 48.5 Å². The van der Waals surface area contributed by atoms with E-state index in [-0.39, 0.29) is 6.10 Å². The van der Waals surface area contributed by atoms with Crippen LogP contribution in [0, 0.1) is 0 Å². The average Bonchev–Trinajstić information content (AvgIpc) is 2.68. The molecule has 0 bridgehead atoms. The zero-order valence-electron chi connectivity index (χ0n) is 14.1. The maximum Gasteiger partial charge on any atom is 0.264 e. The Hall–Kier alpha value is -1.85. The monoisotopic (exact) mass is 345 g/mol. The van der Waals surface area contributed by atoms with Crippen molar-refractivity contribution in [3.8, 4) is 0 Å². The van der Waals surface area contributed by atoms with Crippen LogP contribution < -0.4 is 4.90 Å². The van der Waals surface area contributed by atoms with Gasteiger partial charge in [-0.3, -0.25) is 4.18 Å². The maximum atomic E-state index is 11.3. The quantitative estimate of drug-likeness (QED) is 0.776. The van der Waals surface area contributed by atoms with Crippen LogP contribution in [0.5, 0.6) is 0 Å². The van der Waals surface area contributed by atoms with Gasteiger partial charge >= 0.3 is 0 Å². The summed E-state index contributed by atoms with van der Waals surface area (Å²) in [5.41, 5.74) is 5.05. The molecule has 0 aromatic heterocycles. The molecule has 1 aliphatic heterocycles. The van der Waals surface area contributed by atoms with Crippen molar-refractivity contribution < 1.29 is 12.6 Å². The molecule has 0 amide bonds. The van der Waals surface area contributed by atoms with E-state index in [4.69, 9.17) is 4.18 Å². The second-order valence-corrected chi connectivity index (χ2v) is 7.91. The molecule has 4 nitrogen and oxygen atoms in total. The largest absolute Gasteiger partial charge is 0.341 e. The number of para-hydroxylation sites is 2. The lowest BCUT2D eigenvalue weighted by atomic mass is 10.0. The molecule has 2 aromatic rings. The van der Waals surface area contributed by atoms with Gasteiger partial charge in [0.2, 0.25) is 0 Å². The predicted molar refractivity (Wildman–Crippen MR) is 97.3 cm³/mol. The van der Waals surface area contributed by atoms with Crippen molar-refractivity contribution in [1.29, 1.82) is 0 Å². The van der Waals surface area contributed by atoms with Crippen molar-refractivity contribution in [2.24, 2.45) is 0 Å². The van der Waals surface area contributed by atoms with E-state index >= 15 is 0 Å². The van der Waals surface area contributed by atoms with E-state index in [9.17, 15) is 8.42 Å². The summed E-state index contributed by atoms with van der Waals surface area (Å²) in [4.78, 5) is 2.29. The molecule has 1 atom stereocenters. The minimum atomic E-state index is -3.42. The number of anilines is 2. The second-order valence-electron chi connectivity index (χ2n) is 6.31. The first-order chi connectivity index (χ1) is 11.4. The molecule has 3 rings (SSSR count). The molecule has 0 saturated carbocycles. The fourth-order valence-corrected chi connectivity index (χ4v) is 3.96. The molecule has 0 saturated heterocycles. The van der Waals surface area contributed by atoms with Gasteiger partial charge < -0.3 is 4.90 Å². The first-order valence-electron chi connectivity index (χ1n) is 8.25. The predicted octanol–water partition coefficient (Wildman–Crippen LogP) is 3.68. The van der Waals surface area contributed by atoms with E-state index in [1.807, 2.05) is 0 Å². The van der Waals surface area contributed by atoms with Crippen molar-refractivity contribution >= 4 is 21.5 Å². The number of rotatable bonds is 5. The Labute approximate surface area is 144 Å². The Balaban J connectivity index is 1.88. The maximum absolute atomic E-state index is 11.3. The summed E-state index contributed by atoms with van der Waals surface area (Å²) < 4.78 is 27.7. The molecule has 128 valence electrons. The van der Waals surface area contributed by atoms with Gasteiger partial charge in [0.05, 0.1) is 12.4 Å². The van der Waals surface area contributed by atoms with E-state index in [2.05, 4.69) is 53.4 Å². The Kier molecular flexibility index (Phi) is 4.92. The normalized spacial score (nSPS) is 15.3. The van der Waals surface area contributed by atoms with Gasteiger partial charge in [0, 0.05) is 17.9 Å². The van der Waals surface area contributed by atoms with Crippen molar-refractivity contribution in [2.45, 2.75) is 32.3 Å². The zero-order chi connectivity index (χ0) is 17.2. The SMILES string of the molecule is CC(CCN1c2ccccc2CCc2ccccc21)OS(C)(=O)=O. The van der Waals surface area contributed by atoms with Crippen LogP contribution in [0.4, 0.5) is 11.4 Å². The van der Waals surface area contributed by atoms with Gasteiger partial charge in [-0.1, -0.05) is 36.4 Å². The summed E-state index contributed by atoms with van der Waals surface area (Å²) in [6, 6.07) is 16.9. The van der Waals surface area contributed by atoms with Gasteiger partial charge in [-0.25, -0.2) is 0 Å². The van der Waals surface area contributed by atoms with Crippen molar-refractivity contribution in [3.63, 3.8) is 0 Å². The van der Waals surface area contributed by atoms with Crippen molar-refractivity contribution in [3.05, 3.63) is 59.7 Å². The molecule has 0 spiro atoms. The summed E-state index contributed by atoms with van der Waals surface area (Å²) in [5, 5.41) is 0. The minimum Gasteiger partial charge on any atom is -0.341 e. The van der Waals surface area contributed by atoms with Crippen LogP contribution >= 0.6 is 0 Å². The Morgan fingerprint density at radius 1 is 1.00 bits per heavy atom. The molecule has 2 aromatic carbocycles. The zero-order valence-corrected chi connectivity index (χ0v) is 14.9. The van der Waals surface area contributed by atoms with E-state index in [1.54, 1.807) is 6.92 Å². The Morgan fingerprint density at radius 2 is 1.50 bits per heavy atom. The van der Waals surface area contributed by atoms with Gasteiger partial charge in [0.15, 0.2) is 0 Å². The smallest absolute Gasteiger partial charge is 0.264 e. The first kappa shape index (κ1) is 17.0. The van der Waals surface area contributed by atoms with E-state index < -0.39 is 10.1 Å². The van der Waals surface area contributed by atoms with E-state index in [0.717, 1.165) is 19.1 Å². The molecule has 1 heterocycles. The van der Waals surface area contributed by atoms with Gasteiger partial charge in [0.1, 0.15) is 0 Å². The third-order valence-electron chi connectivity index (χ3n) is 4.33. The molecule has 0 radical (unpaired) electrons. The molecule has 5 heteroatoms. The van der Waals surface area contributed by atoms with Crippen molar-refractivity contribution in [1.82, 2.24) is 0 Å². The van der Waals surface area contributed by atoms with Crippen LogP contribution in [0.25, 0.3) is 0 Å². The summed E-state index contributed by atoms with van der Waals surface area (Å²) >= 11 is 0. The van der Waals surface area contributed by atoms with Crippen LogP contribution in [-0.2, 0) is 27.1 Å². The standard InChI is InChI=1S/C19H23NO3S/c1-15(23-24(2,21)22)13-14-20-18-9-5-3-7-16(18)11-12-17-8-4-6-10-19(17)20/h3-10,15H,11-14H2,1-2H3. The van der Waals surface area contributed by atoms with E-state index in [0.29, 0.717) is 13.0 Å². The average molecular weight is 345 g/mol. The third kappa shape index (κ3) is 3.97. The minimum absolute atomic E-state index is 0.345. The number of fused-ring (bicyclic) bond motifs is 2. The lowest BCUT2D eigenvalue weighted by molar-refractivity contribution is 0.223. The van der Waals surface area contributed by atoms with Crippen LogP contribution in [0.2, 0.25) is 0 Å². The molecule has 0 fully saturated rings. The van der Waals surface area contributed by atoms with Gasteiger partial charge in [0.25, 0.3) is 10.1 Å². The number of hydrogen-bond donors (Lipinski definition) is 0. The summed E-state index contributed by atoms with van der Waals surface area (Å²) in [6.45, 7) is 2.52. The van der Waals surface area contributed by atoms with Gasteiger partial charge in [-0.05, 0) is 49.4 Å². The fourth-order valence-electron chi connectivity index (χ4n) is 3.27. The van der Waals surface area contributed by atoms with Gasteiger partial charge in [-0.15, -0.1) is 0 Å². The van der Waals surface area contributed by atoms with Crippen LogP contribution in [0.3, 0.4) is 0 Å². The first-order valence-corrected chi connectivity index (χ1v) is 10.1. The highest BCUT2D eigenvalue weighted by Crippen LogP contribution is 2.36. The lowest BCUT2D eigenvalue weighted by Gasteiger charge is -2.28. The number of aryl methyl sites for hydroxylation is 2. The summed E-state index contributed by atoms with van der Waals surface area (Å²) in [5.74, 6) is 0. The summed E-state index contributed by atoms with van der Waals surface area (Å²) in [6.07, 6.45) is 3.41. The Bertz CT molecular complexity index is 769. The highest BCUT2D eigenvalue weighted by molar-refractivity contribution is 7.86. The number of nitrogens with zero attached hydrogens (tertiary/aromatic N) is 1. The molecule has 1 unspecified atom stereocenters.